The van der Waals surface area contributed by atoms with E-state index < -0.39 is 10.0 Å². The molecule has 0 aromatic carbocycles. The Morgan fingerprint density at radius 2 is 2.50 bits per heavy atom. The molecule has 0 aliphatic carbocycles. The topological polar surface area (TPSA) is 67.8 Å². The van der Waals surface area contributed by atoms with E-state index in [9.17, 15) is 8.42 Å². The van der Waals surface area contributed by atoms with Crippen LogP contribution in [0.15, 0.2) is 17.6 Å². The smallest absolute Gasteiger partial charge is 0.298 e. The van der Waals surface area contributed by atoms with Crippen LogP contribution < -0.4 is 4.72 Å². The summed E-state index contributed by atoms with van der Waals surface area (Å²) in [4.78, 5) is 3.82. The molecular formula is C6H10N2O3S. The molecule has 0 amide bonds. The van der Waals surface area contributed by atoms with Gasteiger partial charge in [0, 0.05) is 0 Å². The molecule has 0 radical (unpaired) electrons. The van der Waals surface area contributed by atoms with E-state index in [1.165, 1.54) is 6.08 Å². The van der Waals surface area contributed by atoms with Crippen molar-refractivity contribution in [3.05, 3.63) is 12.7 Å². The summed E-state index contributed by atoms with van der Waals surface area (Å²) in [5.74, 6) is 0.0218. The Balaban J connectivity index is 2.56. The van der Waals surface area contributed by atoms with E-state index in [1.807, 2.05) is 0 Å². The van der Waals surface area contributed by atoms with E-state index in [-0.39, 0.29) is 24.9 Å². The molecule has 0 saturated heterocycles. The van der Waals surface area contributed by atoms with Crippen LogP contribution >= 0.6 is 0 Å². The van der Waals surface area contributed by atoms with Crippen LogP contribution in [0.2, 0.25) is 0 Å². The number of ether oxygens (including phenoxy) is 1. The van der Waals surface area contributed by atoms with Crippen LogP contribution in [-0.2, 0) is 14.8 Å². The minimum Gasteiger partial charge on any atom is -0.460 e. The summed E-state index contributed by atoms with van der Waals surface area (Å²) in [7, 11) is -3.20. The zero-order valence-corrected chi connectivity index (χ0v) is 7.30. The molecule has 1 aliphatic rings. The van der Waals surface area contributed by atoms with Crippen LogP contribution in [0.25, 0.3) is 0 Å². The number of rotatable bonds is 2. The fourth-order valence-corrected chi connectivity index (χ4v) is 1.52. The Kier molecular flexibility index (Phi) is 2.69. The molecule has 1 aliphatic heterocycles. The molecular weight excluding hydrogens is 180 g/mol. The Morgan fingerprint density at radius 3 is 3.08 bits per heavy atom. The fraction of sp³-hybridized carbons (Fsp3) is 0.500. The van der Waals surface area contributed by atoms with Crippen LogP contribution in [0, 0.1) is 0 Å². The average Bonchev–Trinajstić information content (AvgIpc) is 1.99. The summed E-state index contributed by atoms with van der Waals surface area (Å²) in [6.45, 7) is 3.93. The van der Waals surface area contributed by atoms with Gasteiger partial charge in [0.15, 0.2) is 0 Å². The second kappa shape index (κ2) is 3.57. The second-order valence-corrected chi connectivity index (χ2v) is 4.05. The van der Waals surface area contributed by atoms with Gasteiger partial charge in [0.2, 0.25) is 10.0 Å². The lowest BCUT2D eigenvalue weighted by atomic mass is 10.7. The van der Waals surface area contributed by atoms with E-state index in [2.05, 4.69) is 16.3 Å². The maximum absolute atomic E-state index is 10.9. The zero-order valence-electron chi connectivity index (χ0n) is 6.49. The lowest BCUT2D eigenvalue weighted by Gasteiger charge is -2.14. The van der Waals surface area contributed by atoms with Gasteiger partial charge < -0.3 is 4.74 Å². The monoisotopic (exact) mass is 190 g/mol. The number of aliphatic imine (C=N–C) groups is 1. The first kappa shape index (κ1) is 9.05. The van der Waals surface area contributed by atoms with Crippen molar-refractivity contribution in [3.8, 4) is 0 Å². The number of hydrogen-bond acceptors (Lipinski definition) is 4. The van der Waals surface area contributed by atoms with Gasteiger partial charge in [-0.2, -0.15) is 0 Å². The number of nitrogens with zero attached hydrogens (tertiary/aromatic N) is 1. The van der Waals surface area contributed by atoms with E-state index in [1.54, 1.807) is 0 Å². The molecule has 1 N–H and O–H groups in total. The van der Waals surface area contributed by atoms with Crippen molar-refractivity contribution >= 4 is 16.0 Å². The molecule has 5 nitrogen and oxygen atoms in total. The molecule has 0 unspecified atom stereocenters. The first-order chi connectivity index (χ1) is 5.64. The minimum absolute atomic E-state index is 0.0218. The van der Waals surface area contributed by atoms with Crippen LogP contribution in [0.4, 0.5) is 0 Å². The van der Waals surface area contributed by atoms with Gasteiger partial charge in [0.25, 0.3) is 6.02 Å². The zero-order chi connectivity index (χ0) is 9.03. The normalized spacial score (nSPS) is 20.5. The van der Waals surface area contributed by atoms with Crippen molar-refractivity contribution < 1.29 is 13.2 Å². The summed E-state index contributed by atoms with van der Waals surface area (Å²) < 4.78 is 28.9. The van der Waals surface area contributed by atoms with Crippen molar-refractivity contribution in [2.45, 2.75) is 0 Å². The number of hydrogen-bond donors (Lipinski definition) is 1. The molecule has 0 fully saturated rings. The van der Waals surface area contributed by atoms with Crippen LogP contribution in [-0.4, -0.2) is 33.3 Å². The van der Waals surface area contributed by atoms with Crippen LogP contribution in [0.1, 0.15) is 0 Å². The molecule has 6 heteroatoms. The molecule has 12 heavy (non-hydrogen) atoms. The van der Waals surface area contributed by atoms with E-state index in [0.29, 0.717) is 0 Å². The molecule has 0 bridgehead atoms. The number of amidine groups is 1. The fourth-order valence-electron chi connectivity index (χ4n) is 0.697. The number of sulfonamides is 1. The van der Waals surface area contributed by atoms with Crippen molar-refractivity contribution in [1.82, 2.24) is 4.72 Å². The average molecular weight is 190 g/mol. The quantitative estimate of drug-likeness (QED) is 0.596. The third kappa shape index (κ3) is 2.54. The highest BCUT2D eigenvalue weighted by molar-refractivity contribution is 7.90. The van der Waals surface area contributed by atoms with Gasteiger partial charge in [0.05, 0.1) is 12.3 Å². The van der Waals surface area contributed by atoms with E-state index in [4.69, 9.17) is 4.74 Å². The molecule has 0 atom stereocenters. The molecule has 0 spiro atoms. The van der Waals surface area contributed by atoms with Gasteiger partial charge >= 0.3 is 0 Å². The summed E-state index contributed by atoms with van der Waals surface area (Å²) >= 11 is 0. The Hall–Kier alpha value is -1.04. The largest absolute Gasteiger partial charge is 0.460 e. The maximum atomic E-state index is 10.9. The van der Waals surface area contributed by atoms with Crippen molar-refractivity contribution in [2.24, 2.45) is 4.99 Å². The minimum atomic E-state index is -3.20. The SMILES string of the molecule is C=CCOC1=NCCS(=O)(=O)N1. The lowest BCUT2D eigenvalue weighted by molar-refractivity contribution is 0.336. The molecule has 1 rings (SSSR count). The third-order valence-corrected chi connectivity index (χ3v) is 2.40. The van der Waals surface area contributed by atoms with Crippen molar-refractivity contribution in [1.29, 1.82) is 0 Å². The summed E-state index contributed by atoms with van der Waals surface area (Å²) in [5.41, 5.74) is 0. The maximum Gasteiger partial charge on any atom is 0.298 e. The highest BCUT2D eigenvalue weighted by Crippen LogP contribution is 1.94. The molecule has 0 aromatic rings. The predicted molar refractivity (Wildman–Crippen MR) is 45.4 cm³/mol. The lowest BCUT2D eigenvalue weighted by Crippen LogP contribution is -2.39. The summed E-state index contributed by atoms with van der Waals surface area (Å²) in [6, 6.07) is 0.0566. The van der Waals surface area contributed by atoms with E-state index >= 15 is 0 Å². The first-order valence-corrected chi connectivity index (χ1v) is 5.08. The van der Waals surface area contributed by atoms with Gasteiger partial charge in [-0.25, -0.2) is 18.1 Å². The molecule has 68 valence electrons. The Morgan fingerprint density at radius 1 is 1.75 bits per heavy atom. The van der Waals surface area contributed by atoms with Gasteiger partial charge in [-0.1, -0.05) is 12.7 Å². The van der Waals surface area contributed by atoms with Gasteiger partial charge in [-0.05, 0) is 0 Å². The van der Waals surface area contributed by atoms with Gasteiger partial charge in [-0.3, -0.25) is 0 Å². The van der Waals surface area contributed by atoms with Gasteiger partial charge in [-0.15, -0.1) is 0 Å². The highest BCUT2D eigenvalue weighted by Gasteiger charge is 2.17. The standard InChI is InChI=1S/C6H10N2O3S/c1-2-4-11-6-7-3-5-12(9,10)8-6/h2H,1,3-5H2,(H,7,8). The summed E-state index contributed by atoms with van der Waals surface area (Å²) in [6.07, 6.45) is 1.52. The Bertz CT molecular complexity index is 294. The molecule has 1 heterocycles. The summed E-state index contributed by atoms with van der Waals surface area (Å²) in [5, 5.41) is 0. The highest BCUT2D eigenvalue weighted by atomic mass is 32.2. The first-order valence-electron chi connectivity index (χ1n) is 3.43. The van der Waals surface area contributed by atoms with Crippen LogP contribution in [0.5, 0.6) is 0 Å². The number of nitrogens with one attached hydrogen (secondary N) is 1. The van der Waals surface area contributed by atoms with Gasteiger partial charge in [0.1, 0.15) is 6.61 Å². The predicted octanol–water partition coefficient (Wildman–Crippen LogP) is -0.522. The second-order valence-electron chi connectivity index (χ2n) is 2.21. The Labute approximate surface area is 71.2 Å². The van der Waals surface area contributed by atoms with E-state index in [0.717, 1.165) is 0 Å². The van der Waals surface area contributed by atoms with Crippen molar-refractivity contribution in [3.63, 3.8) is 0 Å². The third-order valence-electron chi connectivity index (χ3n) is 1.20. The van der Waals surface area contributed by atoms with Crippen molar-refractivity contribution in [2.75, 3.05) is 18.9 Å². The van der Waals surface area contributed by atoms with Crippen LogP contribution in [0.3, 0.4) is 0 Å². The molecule has 0 saturated carbocycles. The molecule has 0 aromatic heterocycles.